The number of thiazole rings is 1. The number of amides is 4. The molecule has 4 amide bonds. The molecule has 4 N–H and O–H groups in total. The van der Waals surface area contributed by atoms with Crippen LogP contribution in [-0.4, -0.2) is 77.2 Å². The van der Waals surface area contributed by atoms with Crippen molar-refractivity contribution in [3.05, 3.63) is 15.6 Å². The second kappa shape index (κ2) is 9.95. The van der Waals surface area contributed by atoms with E-state index in [0.717, 1.165) is 30.1 Å². The summed E-state index contributed by atoms with van der Waals surface area (Å²) in [6.45, 7) is 5.98. The first-order valence-corrected chi connectivity index (χ1v) is 11.7. The maximum absolute atomic E-state index is 13.0. The van der Waals surface area contributed by atoms with Gasteiger partial charge in [0.1, 0.15) is 0 Å². The third kappa shape index (κ3) is 5.44. The predicted molar refractivity (Wildman–Crippen MR) is 120 cm³/mol. The van der Waals surface area contributed by atoms with E-state index in [1.54, 1.807) is 14.1 Å². The Bertz CT molecular complexity index is 899. The highest BCUT2D eigenvalue weighted by molar-refractivity contribution is 7.13. The zero-order valence-electron chi connectivity index (χ0n) is 19.0. The first-order chi connectivity index (χ1) is 15.1. The quantitative estimate of drug-likeness (QED) is 0.519. The van der Waals surface area contributed by atoms with Gasteiger partial charge in [0.05, 0.1) is 11.7 Å². The van der Waals surface area contributed by atoms with Crippen molar-refractivity contribution in [2.45, 2.75) is 64.2 Å². The fraction of sp³-hybridized carbons (Fsp3) is 0.667. The van der Waals surface area contributed by atoms with Gasteiger partial charge in [-0.2, -0.15) is 0 Å². The second-order valence-electron chi connectivity index (χ2n) is 8.97. The van der Waals surface area contributed by atoms with E-state index in [4.69, 9.17) is 5.73 Å². The van der Waals surface area contributed by atoms with E-state index in [-0.39, 0.29) is 17.7 Å². The summed E-state index contributed by atoms with van der Waals surface area (Å²) in [6.07, 6.45) is 2.16. The number of primary amides is 1. The van der Waals surface area contributed by atoms with Gasteiger partial charge in [-0.05, 0) is 33.1 Å². The zero-order chi connectivity index (χ0) is 23.6. The highest BCUT2D eigenvalue weighted by Gasteiger charge is 2.37. The SMILES string of the molecule is CC(C)N1CCc2nc(C(=O)N[C@@H]3C[C@@H](C(=O)N(C)C)CC[C@@H]3NC(=O)C(N)=O)sc2C1. The molecule has 0 saturated heterocycles. The van der Waals surface area contributed by atoms with Crippen molar-refractivity contribution < 1.29 is 19.2 Å². The standard InChI is InChI=1S/C21H32N6O4S/c1-11(2)27-8-7-14-16(10-27)32-20(25-14)19(30)24-15-9-12(21(31)26(3)4)5-6-13(15)23-18(29)17(22)28/h11-13,15H,5-10H2,1-4H3,(H2,22,28)(H,23,29)(H,24,30)/t12-,13-,15+/m0/s1. The lowest BCUT2D eigenvalue weighted by Crippen LogP contribution is -2.57. The molecule has 1 aliphatic carbocycles. The smallest absolute Gasteiger partial charge is 0.309 e. The third-order valence-corrected chi connectivity index (χ3v) is 7.26. The first-order valence-electron chi connectivity index (χ1n) is 10.9. The molecular formula is C21H32N6O4S. The molecule has 32 heavy (non-hydrogen) atoms. The maximum Gasteiger partial charge on any atom is 0.309 e. The molecule has 0 bridgehead atoms. The van der Waals surface area contributed by atoms with E-state index in [2.05, 4.69) is 34.4 Å². The van der Waals surface area contributed by atoms with Gasteiger partial charge in [0.2, 0.25) is 5.91 Å². The van der Waals surface area contributed by atoms with E-state index in [1.807, 2.05) is 0 Å². The molecular weight excluding hydrogens is 432 g/mol. The van der Waals surface area contributed by atoms with Gasteiger partial charge in [0, 0.05) is 56.5 Å². The summed E-state index contributed by atoms with van der Waals surface area (Å²) in [6, 6.07) is -0.580. The van der Waals surface area contributed by atoms with E-state index < -0.39 is 23.9 Å². The number of rotatable bonds is 5. The fourth-order valence-electron chi connectivity index (χ4n) is 4.32. The Balaban J connectivity index is 1.74. The van der Waals surface area contributed by atoms with Crippen LogP contribution in [0, 0.1) is 5.92 Å². The monoisotopic (exact) mass is 464 g/mol. The van der Waals surface area contributed by atoms with Crippen LogP contribution in [0.15, 0.2) is 0 Å². The third-order valence-electron chi connectivity index (χ3n) is 6.18. The van der Waals surface area contributed by atoms with E-state index in [1.165, 1.54) is 16.2 Å². The van der Waals surface area contributed by atoms with Gasteiger partial charge in [0.15, 0.2) is 5.01 Å². The van der Waals surface area contributed by atoms with Crippen molar-refractivity contribution >= 4 is 35.0 Å². The number of fused-ring (bicyclic) bond motifs is 1. The largest absolute Gasteiger partial charge is 0.361 e. The Hall–Kier alpha value is -2.53. The van der Waals surface area contributed by atoms with Crippen LogP contribution in [0.3, 0.4) is 0 Å². The molecule has 10 nitrogen and oxygen atoms in total. The minimum atomic E-state index is -1.08. The lowest BCUT2D eigenvalue weighted by Gasteiger charge is -2.36. The predicted octanol–water partition coefficient (Wildman–Crippen LogP) is -0.134. The van der Waals surface area contributed by atoms with Crippen molar-refractivity contribution in [2.24, 2.45) is 11.7 Å². The van der Waals surface area contributed by atoms with Gasteiger partial charge in [0.25, 0.3) is 5.91 Å². The molecule has 0 unspecified atom stereocenters. The van der Waals surface area contributed by atoms with Crippen LogP contribution >= 0.6 is 11.3 Å². The van der Waals surface area contributed by atoms with Gasteiger partial charge < -0.3 is 21.3 Å². The number of hydrogen-bond acceptors (Lipinski definition) is 7. The normalized spacial score (nSPS) is 23.3. The van der Waals surface area contributed by atoms with Gasteiger partial charge in [-0.25, -0.2) is 4.98 Å². The van der Waals surface area contributed by atoms with E-state index >= 15 is 0 Å². The Kier molecular flexibility index (Phi) is 7.50. The number of carbonyl (C=O) groups excluding carboxylic acids is 4. The second-order valence-corrected chi connectivity index (χ2v) is 10.1. The summed E-state index contributed by atoms with van der Waals surface area (Å²) in [5.41, 5.74) is 6.04. The molecule has 1 fully saturated rings. The Morgan fingerprint density at radius 1 is 1.16 bits per heavy atom. The number of carbonyl (C=O) groups is 4. The molecule has 2 aliphatic rings. The molecule has 1 aromatic rings. The van der Waals surface area contributed by atoms with Crippen LogP contribution in [0.1, 0.15) is 53.5 Å². The fourth-order valence-corrected chi connectivity index (χ4v) is 5.35. The molecule has 1 aromatic heterocycles. The molecule has 3 atom stereocenters. The summed E-state index contributed by atoms with van der Waals surface area (Å²) < 4.78 is 0. The van der Waals surface area contributed by atoms with Gasteiger partial charge in [-0.15, -0.1) is 11.3 Å². The van der Waals surface area contributed by atoms with Crippen molar-refractivity contribution in [3.63, 3.8) is 0 Å². The average molecular weight is 465 g/mol. The number of aromatic nitrogens is 1. The Morgan fingerprint density at radius 3 is 2.50 bits per heavy atom. The molecule has 1 saturated carbocycles. The minimum absolute atomic E-state index is 0.0255. The lowest BCUT2D eigenvalue weighted by molar-refractivity contribution is -0.138. The van der Waals surface area contributed by atoms with E-state index in [9.17, 15) is 19.2 Å². The Morgan fingerprint density at radius 2 is 1.88 bits per heavy atom. The summed E-state index contributed by atoms with van der Waals surface area (Å²) >= 11 is 1.38. The van der Waals surface area contributed by atoms with Crippen LogP contribution < -0.4 is 16.4 Å². The Labute approximate surface area is 191 Å². The highest BCUT2D eigenvalue weighted by atomic mass is 32.1. The maximum atomic E-state index is 13.0. The number of hydrogen-bond donors (Lipinski definition) is 3. The number of nitrogens with zero attached hydrogens (tertiary/aromatic N) is 3. The first kappa shape index (κ1) is 24.1. The zero-order valence-corrected chi connectivity index (χ0v) is 19.8. The molecule has 176 valence electrons. The average Bonchev–Trinajstić information content (AvgIpc) is 3.17. The van der Waals surface area contributed by atoms with Crippen molar-refractivity contribution in [1.29, 1.82) is 0 Å². The highest BCUT2D eigenvalue weighted by Crippen LogP contribution is 2.29. The summed E-state index contributed by atoms with van der Waals surface area (Å²) in [4.78, 5) is 58.1. The van der Waals surface area contributed by atoms with Crippen molar-refractivity contribution in [2.75, 3.05) is 20.6 Å². The number of nitrogens with two attached hydrogens (primary N) is 1. The van der Waals surface area contributed by atoms with Crippen LogP contribution in [0.25, 0.3) is 0 Å². The molecule has 1 aliphatic heterocycles. The van der Waals surface area contributed by atoms with Gasteiger partial charge >= 0.3 is 11.8 Å². The van der Waals surface area contributed by atoms with Crippen molar-refractivity contribution in [1.82, 2.24) is 25.4 Å². The summed E-state index contributed by atoms with van der Waals surface area (Å²) in [7, 11) is 3.38. The lowest BCUT2D eigenvalue weighted by atomic mass is 9.81. The molecule has 0 aromatic carbocycles. The molecule has 0 spiro atoms. The van der Waals surface area contributed by atoms with Crippen LogP contribution in [0.4, 0.5) is 0 Å². The summed E-state index contributed by atoms with van der Waals surface area (Å²) in [5.74, 6) is -2.61. The topological polar surface area (TPSA) is 138 Å². The van der Waals surface area contributed by atoms with Crippen molar-refractivity contribution in [3.8, 4) is 0 Å². The minimum Gasteiger partial charge on any atom is -0.361 e. The van der Waals surface area contributed by atoms with Gasteiger partial charge in [-0.1, -0.05) is 0 Å². The van der Waals surface area contributed by atoms with Crippen LogP contribution in [0.2, 0.25) is 0 Å². The molecule has 11 heteroatoms. The van der Waals surface area contributed by atoms with E-state index in [0.29, 0.717) is 30.3 Å². The number of nitrogens with one attached hydrogen (secondary N) is 2. The molecule has 2 heterocycles. The molecule has 3 rings (SSSR count). The van der Waals surface area contributed by atoms with Crippen LogP contribution in [-0.2, 0) is 27.3 Å². The summed E-state index contributed by atoms with van der Waals surface area (Å²) in [5, 5.41) is 5.94. The molecule has 0 radical (unpaired) electrons. The van der Waals surface area contributed by atoms with Gasteiger partial charge in [-0.3, -0.25) is 24.1 Å². The van der Waals surface area contributed by atoms with Crippen LogP contribution in [0.5, 0.6) is 0 Å².